The molecule has 2 saturated carbocycles. The molecule has 2 fully saturated rings. The topological polar surface area (TPSA) is 55.4 Å². The van der Waals surface area contributed by atoms with Gasteiger partial charge in [-0.25, -0.2) is 0 Å². The van der Waals surface area contributed by atoms with Crippen LogP contribution in [0.1, 0.15) is 25.7 Å². The molecule has 0 amide bonds. The maximum absolute atomic E-state index is 5.72. The van der Waals surface area contributed by atoms with Gasteiger partial charge in [0.1, 0.15) is 0 Å². The van der Waals surface area contributed by atoms with Gasteiger partial charge >= 0.3 is 17.6 Å². The van der Waals surface area contributed by atoms with Crippen molar-refractivity contribution in [2.45, 2.75) is 37.3 Å². The van der Waals surface area contributed by atoms with E-state index in [4.69, 9.17) is 26.6 Å². The van der Waals surface area contributed by atoms with Gasteiger partial charge in [-0.05, 0) is 43.4 Å². The first kappa shape index (κ1) is 19.5. The molecule has 8 heteroatoms. The van der Waals surface area contributed by atoms with E-state index in [-0.39, 0.29) is 0 Å². The maximum Gasteiger partial charge on any atom is 0.503 e. The second kappa shape index (κ2) is 8.05. The van der Waals surface area contributed by atoms with E-state index in [2.05, 4.69) is 0 Å². The molecule has 4 atom stereocenters. The quantitative estimate of drug-likeness (QED) is 0.555. The minimum Gasteiger partial charge on any atom is -0.377 e. The van der Waals surface area contributed by atoms with E-state index < -0.39 is 17.6 Å². The average Bonchev–Trinajstić information content (AvgIpc) is 3.20. The Balaban J connectivity index is 1.94. The van der Waals surface area contributed by atoms with Gasteiger partial charge in [-0.2, -0.15) is 0 Å². The summed E-state index contributed by atoms with van der Waals surface area (Å²) in [5.41, 5.74) is 0.443. The van der Waals surface area contributed by atoms with Crippen LogP contribution in [0.4, 0.5) is 0 Å². The average molecular weight is 365 g/mol. The van der Waals surface area contributed by atoms with Crippen LogP contribution in [0.15, 0.2) is 0 Å². The largest absolute Gasteiger partial charge is 0.503 e. The molecule has 23 heavy (non-hydrogen) atoms. The van der Waals surface area contributed by atoms with Crippen LogP contribution in [0.25, 0.3) is 0 Å². The molecule has 0 aliphatic heterocycles. The van der Waals surface area contributed by atoms with Gasteiger partial charge in [-0.3, -0.25) is 0 Å². The van der Waals surface area contributed by atoms with Gasteiger partial charge in [-0.15, -0.1) is 0 Å². The van der Waals surface area contributed by atoms with Crippen molar-refractivity contribution in [3.05, 3.63) is 0 Å². The van der Waals surface area contributed by atoms with Crippen LogP contribution in [-0.4, -0.2) is 60.3 Å². The number of rotatable bonds is 10. The summed E-state index contributed by atoms with van der Waals surface area (Å²) < 4.78 is 33.8. The molecule has 0 radical (unpaired) electrons. The van der Waals surface area contributed by atoms with Crippen LogP contribution in [0.5, 0.6) is 0 Å². The van der Waals surface area contributed by atoms with Gasteiger partial charge in [0, 0.05) is 54.2 Å². The molecular formula is C15H32O6Si2. The summed E-state index contributed by atoms with van der Waals surface area (Å²) in [7, 11) is 5.26. The molecular weight excluding hydrogens is 332 g/mol. The van der Waals surface area contributed by atoms with E-state index in [9.17, 15) is 0 Å². The number of hydrogen-bond donors (Lipinski definition) is 0. The summed E-state index contributed by atoms with van der Waals surface area (Å²) in [6.45, 7) is 0. The van der Waals surface area contributed by atoms with E-state index in [1.165, 1.54) is 12.8 Å². The summed E-state index contributed by atoms with van der Waals surface area (Å²) >= 11 is 0. The lowest BCUT2D eigenvalue weighted by atomic mass is 9.87. The first-order valence-electron chi connectivity index (χ1n) is 8.34. The SMILES string of the molecule is CO[Si](CCC1CC2CC1CC2[Si](OC)(OC)OC)(OC)OC. The zero-order valence-corrected chi connectivity index (χ0v) is 17.3. The van der Waals surface area contributed by atoms with Crippen LogP contribution in [0, 0.1) is 17.8 Å². The van der Waals surface area contributed by atoms with Crippen molar-refractivity contribution in [1.29, 1.82) is 0 Å². The highest BCUT2D eigenvalue weighted by molar-refractivity contribution is 6.62. The number of fused-ring (bicyclic) bond motifs is 2. The lowest BCUT2D eigenvalue weighted by Gasteiger charge is -2.37. The first-order chi connectivity index (χ1) is 11.0. The van der Waals surface area contributed by atoms with Crippen molar-refractivity contribution in [3.63, 3.8) is 0 Å². The highest BCUT2D eigenvalue weighted by Crippen LogP contribution is 2.59. The van der Waals surface area contributed by atoms with Gasteiger partial charge < -0.3 is 26.6 Å². The Kier molecular flexibility index (Phi) is 6.83. The van der Waals surface area contributed by atoms with E-state index in [0.29, 0.717) is 11.5 Å². The van der Waals surface area contributed by atoms with Crippen LogP contribution in [0.3, 0.4) is 0 Å². The van der Waals surface area contributed by atoms with Gasteiger partial charge in [0.15, 0.2) is 0 Å². The first-order valence-corrected chi connectivity index (χ1v) is 12.1. The Morgan fingerprint density at radius 3 is 1.65 bits per heavy atom. The molecule has 0 spiro atoms. The van der Waals surface area contributed by atoms with Crippen molar-refractivity contribution in [2.75, 3.05) is 42.7 Å². The zero-order chi connectivity index (χ0) is 17.1. The summed E-state index contributed by atoms with van der Waals surface area (Å²) in [5.74, 6) is 2.11. The van der Waals surface area contributed by atoms with Crippen molar-refractivity contribution < 1.29 is 26.6 Å². The number of hydrogen-bond acceptors (Lipinski definition) is 6. The Morgan fingerprint density at radius 1 is 0.696 bits per heavy atom. The molecule has 4 unspecified atom stereocenters. The predicted octanol–water partition coefficient (Wildman–Crippen LogP) is 2.55. The lowest BCUT2D eigenvalue weighted by Crippen LogP contribution is -2.49. The molecule has 2 bridgehead atoms. The van der Waals surface area contributed by atoms with Gasteiger partial charge in [0.25, 0.3) is 0 Å². The second-order valence-corrected chi connectivity index (χ2v) is 12.9. The molecule has 2 rings (SSSR count). The summed E-state index contributed by atoms with van der Waals surface area (Å²) in [5, 5.41) is 0. The standard InChI is InChI=1S/C15H32O6Si2/c1-16-22(17-2,18-3)8-7-12-9-14-10-13(12)11-15(14)23(19-4,20-5)21-6/h12-15H,7-11H2,1-6H3. The second-order valence-electron chi connectivity index (χ2n) is 6.64. The highest BCUT2D eigenvalue weighted by atomic mass is 28.4. The van der Waals surface area contributed by atoms with Gasteiger partial charge in [0.05, 0.1) is 0 Å². The van der Waals surface area contributed by atoms with Crippen LogP contribution >= 0.6 is 0 Å². The van der Waals surface area contributed by atoms with Gasteiger partial charge in [0.2, 0.25) is 0 Å². The molecule has 0 saturated heterocycles. The van der Waals surface area contributed by atoms with Crippen molar-refractivity contribution >= 4 is 17.6 Å². The van der Waals surface area contributed by atoms with E-state index in [1.54, 1.807) is 42.7 Å². The molecule has 6 nitrogen and oxygen atoms in total. The van der Waals surface area contributed by atoms with E-state index >= 15 is 0 Å². The molecule has 0 heterocycles. The molecule has 0 aromatic carbocycles. The third-order valence-electron chi connectivity index (χ3n) is 6.07. The van der Waals surface area contributed by atoms with Crippen LogP contribution in [0.2, 0.25) is 11.6 Å². The fraction of sp³-hybridized carbons (Fsp3) is 1.00. The summed E-state index contributed by atoms with van der Waals surface area (Å²) in [4.78, 5) is 0. The molecule has 136 valence electrons. The van der Waals surface area contributed by atoms with Gasteiger partial charge in [-0.1, -0.05) is 0 Å². The fourth-order valence-electron chi connectivity index (χ4n) is 4.80. The van der Waals surface area contributed by atoms with Crippen molar-refractivity contribution in [1.82, 2.24) is 0 Å². The Hall–Kier alpha value is 0.194. The molecule has 0 aromatic rings. The maximum atomic E-state index is 5.72. The van der Waals surface area contributed by atoms with Crippen molar-refractivity contribution in [2.24, 2.45) is 17.8 Å². The van der Waals surface area contributed by atoms with E-state index in [0.717, 1.165) is 30.7 Å². The molecule has 2 aliphatic carbocycles. The summed E-state index contributed by atoms with van der Waals surface area (Å²) in [6, 6.07) is 0.885. The minimum atomic E-state index is -2.51. The predicted molar refractivity (Wildman–Crippen MR) is 91.1 cm³/mol. The smallest absolute Gasteiger partial charge is 0.377 e. The monoisotopic (exact) mass is 364 g/mol. The lowest BCUT2D eigenvalue weighted by molar-refractivity contribution is 0.0960. The third-order valence-corrected chi connectivity index (χ3v) is 12.2. The molecule has 0 aromatic heterocycles. The fourth-order valence-corrected chi connectivity index (χ4v) is 9.49. The van der Waals surface area contributed by atoms with Crippen LogP contribution < -0.4 is 0 Å². The Labute approximate surface area is 142 Å². The minimum absolute atomic E-state index is 0.443. The Morgan fingerprint density at radius 2 is 1.26 bits per heavy atom. The highest BCUT2D eigenvalue weighted by Gasteiger charge is 2.59. The Bertz CT molecular complexity index is 358. The normalized spacial score (nSPS) is 31.0. The van der Waals surface area contributed by atoms with E-state index in [1.807, 2.05) is 0 Å². The van der Waals surface area contributed by atoms with Crippen LogP contribution in [-0.2, 0) is 26.6 Å². The third kappa shape index (κ3) is 3.59. The zero-order valence-electron chi connectivity index (χ0n) is 15.3. The molecule has 2 aliphatic rings. The summed E-state index contributed by atoms with van der Waals surface area (Å²) in [6.07, 6.45) is 4.75. The van der Waals surface area contributed by atoms with Crippen molar-refractivity contribution in [3.8, 4) is 0 Å². The molecule has 0 N–H and O–H groups in total.